The van der Waals surface area contributed by atoms with Gasteiger partial charge in [0.15, 0.2) is 5.96 Å². The summed E-state index contributed by atoms with van der Waals surface area (Å²) < 4.78 is 0. The van der Waals surface area contributed by atoms with Crippen molar-refractivity contribution in [1.29, 1.82) is 0 Å². The molecule has 0 bridgehead atoms. The van der Waals surface area contributed by atoms with Crippen molar-refractivity contribution < 1.29 is 0 Å². The summed E-state index contributed by atoms with van der Waals surface area (Å²) in [5, 5.41) is 0. The Morgan fingerprint density at radius 1 is 1.19 bits per heavy atom. The molecule has 126 valence electrons. The molecule has 0 aromatic rings. The predicted molar refractivity (Wildman–Crippen MR) is 103 cm³/mol. The molecule has 0 spiro atoms. The maximum absolute atomic E-state index is 6.09. The Hall–Kier alpha value is -0.0400. The van der Waals surface area contributed by atoms with Crippen LogP contribution in [-0.4, -0.2) is 54.0 Å². The van der Waals surface area contributed by atoms with Gasteiger partial charge in [0.05, 0.1) is 6.54 Å². The Kier molecular flexibility index (Phi) is 9.16. The molecule has 1 heterocycles. The second kappa shape index (κ2) is 9.18. The quantitative estimate of drug-likeness (QED) is 0.431. The smallest absolute Gasteiger partial charge is 0.191 e. The summed E-state index contributed by atoms with van der Waals surface area (Å²) >= 11 is 0. The maximum Gasteiger partial charge on any atom is 0.191 e. The van der Waals surface area contributed by atoms with Gasteiger partial charge in [-0.05, 0) is 46.0 Å². The SMILES string of the molecule is CCN(CC)C(N)=NCC(C)(C)N1CC(C)CC(C)C1.I. The van der Waals surface area contributed by atoms with Gasteiger partial charge in [0.2, 0.25) is 0 Å². The van der Waals surface area contributed by atoms with E-state index in [4.69, 9.17) is 5.73 Å². The first-order chi connectivity index (χ1) is 9.30. The van der Waals surface area contributed by atoms with Crippen molar-refractivity contribution in [2.75, 3.05) is 32.7 Å². The number of aliphatic imine (C=N–C) groups is 1. The molecule has 1 fully saturated rings. The molecule has 0 amide bonds. The highest BCUT2D eigenvalue weighted by Crippen LogP contribution is 2.27. The van der Waals surface area contributed by atoms with Crippen LogP contribution in [0.4, 0.5) is 0 Å². The fraction of sp³-hybridized carbons (Fsp3) is 0.938. The molecule has 2 N–H and O–H groups in total. The van der Waals surface area contributed by atoms with Gasteiger partial charge in [-0.3, -0.25) is 9.89 Å². The van der Waals surface area contributed by atoms with E-state index < -0.39 is 0 Å². The van der Waals surface area contributed by atoms with Crippen LogP contribution >= 0.6 is 24.0 Å². The first-order valence-electron chi connectivity index (χ1n) is 8.10. The van der Waals surface area contributed by atoms with Gasteiger partial charge in [-0.15, -0.1) is 24.0 Å². The number of hydrogen-bond acceptors (Lipinski definition) is 2. The molecule has 0 saturated carbocycles. The van der Waals surface area contributed by atoms with Crippen LogP contribution < -0.4 is 5.73 Å². The van der Waals surface area contributed by atoms with E-state index in [1.165, 1.54) is 19.5 Å². The highest BCUT2D eigenvalue weighted by Gasteiger charge is 2.32. The van der Waals surface area contributed by atoms with E-state index in [2.05, 4.69) is 56.3 Å². The zero-order valence-corrected chi connectivity index (χ0v) is 17.1. The van der Waals surface area contributed by atoms with Crippen LogP contribution in [0.1, 0.15) is 48.0 Å². The first-order valence-corrected chi connectivity index (χ1v) is 8.10. The lowest BCUT2D eigenvalue weighted by atomic mass is 9.88. The molecule has 1 saturated heterocycles. The van der Waals surface area contributed by atoms with Gasteiger partial charge in [0.25, 0.3) is 0 Å². The third kappa shape index (κ3) is 6.30. The highest BCUT2D eigenvalue weighted by atomic mass is 127. The molecule has 2 unspecified atom stereocenters. The van der Waals surface area contributed by atoms with Crippen LogP contribution in [0.2, 0.25) is 0 Å². The monoisotopic (exact) mass is 410 g/mol. The lowest BCUT2D eigenvalue weighted by molar-refractivity contribution is 0.0511. The Labute approximate surface area is 148 Å². The Balaban J connectivity index is 0.00000400. The number of nitrogens with zero attached hydrogens (tertiary/aromatic N) is 3. The summed E-state index contributed by atoms with van der Waals surface area (Å²) in [6, 6.07) is 0. The fourth-order valence-corrected chi connectivity index (χ4v) is 3.18. The minimum Gasteiger partial charge on any atom is -0.370 e. The van der Waals surface area contributed by atoms with Crippen molar-refractivity contribution >= 4 is 29.9 Å². The second-order valence-corrected chi connectivity index (χ2v) is 7.01. The van der Waals surface area contributed by atoms with Gasteiger partial charge in [-0.2, -0.15) is 0 Å². The van der Waals surface area contributed by atoms with E-state index in [0.717, 1.165) is 31.5 Å². The predicted octanol–water partition coefficient (Wildman–Crippen LogP) is 3.02. The fourth-order valence-electron chi connectivity index (χ4n) is 3.18. The van der Waals surface area contributed by atoms with Crippen molar-refractivity contribution in [1.82, 2.24) is 9.80 Å². The van der Waals surface area contributed by atoms with Gasteiger partial charge in [0.1, 0.15) is 0 Å². The third-order valence-corrected chi connectivity index (χ3v) is 4.44. The average Bonchev–Trinajstić information content (AvgIpc) is 2.37. The van der Waals surface area contributed by atoms with Crippen LogP contribution in [0.3, 0.4) is 0 Å². The van der Waals surface area contributed by atoms with Crippen molar-refractivity contribution in [3.63, 3.8) is 0 Å². The molecule has 4 nitrogen and oxygen atoms in total. The first kappa shape index (κ1) is 21.0. The van der Waals surface area contributed by atoms with Gasteiger partial charge < -0.3 is 10.6 Å². The van der Waals surface area contributed by atoms with Crippen LogP contribution in [0, 0.1) is 11.8 Å². The van der Waals surface area contributed by atoms with Gasteiger partial charge >= 0.3 is 0 Å². The zero-order valence-electron chi connectivity index (χ0n) is 14.7. The second-order valence-electron chi connectivity index (χ2n) is 7.01. The molecular formula is C16H35IN4. The van der Waals surface area contributed by atoms with Gasteiger partial charge in [-0.1, -0.05) is 13.8 Å². The molecule has 0 radical (unpaired) electrons. The topological polar surface area (TPSA) is 44.9 Å². The van der Waals surface area contributed by atoms with Gasteiger partial charge in [-0.25, -0.2) is 0 Å². The van der Waals surface area contributed by atoms with Crippen LogP contribution in [0.5, 0.6) is 0 Å². The molecule has 2 atom stereocenters. The number of likely N-dealkylation sites (tertiary alicyclic amines) is 1. The van der Waals surface area contributed by atoms with Crippen molar-refractivity contribution in [3.8, 4) is 0 Å². The number of piperidine rings is 1. The summed E-state index contributed by atoms with van der Waals surface area (Å²) in [4.78, 5) is 9.34. The Morgan fingerprint density at radius 3 is 2.10 bits per heavy atom. The van der Waals surface area contributed by atoms with E-state index in [1.54, 1.807) is 0 Å². The van der Waals surface area contributed by atoms with Crippen molar-refractivity contribution in [3.05, 3.63) is 0 Å². The van der Waals surface area contributed by atoms with Crippen molar-refractivity contribution in [2.24, 2.45) is 22.6 Å². The van der Waals surface area contributed by atoms with E-state index >= 15 is 0 Å². The molecule has 1 aliphatic heterocycles. The summed E-state index contributed by atoms with van der Waals surface area (Å²) in [5.41, 5.74) is 6.17. The van der Waals surface area contributed by atoms with Crippen LogP contribution in [-0.2, 0) is 0 Å². The molecule has 21 heavy (non-hydrogen) atoms. The minimum absolute atomic E-state index is 0. The summed E-state index contributed by atoms with van der Waals surface area (Å²) in [6.07, 6.45) is 1.34. The van der Waals surface area contributed by atoms with Crippen LogP contribution in [0.15, 0.2) is 4.99 Å². The Bertz CT molecular complexity index is 316. The summed E-state index contributed by atoms with van der Waals surface area (Å²) in [7, 11) is 0. The third-order valence-electron chi connectivity index (χ3n) is 4.44. The Morgan fingerprint density at radius 2 is 1.67 bits per heavy atom. The van der Waals surface area contributed by atoms with E-state index in [1.807, 2.05) is 0 Å². The molecule has 0 aromatic carbocycles. The minimum atomic E-state index is 0. The van der Waals surface area contributed by atoms with Crippen molar-refractivity contribution in [2.45, 2.75) is 53.5 Å². The molecule has 0 aliphatic carbocycles. The van der Waals surface area contributed by atoms with Crippen LogP contribution in [0.25, 0.3) is 0 Å². The number of halogens is 1. The van der Waals surface area contributed by atoms with E-state index in [0.29, 0.717) is 5.96 Å². The molecule has 1 aliphatic rings. The normalized spacial score (nSPS) is 24.6. The number of nitrogens with two attached hydrogens (primary N) is 1. The molecule has 5 heteroatoms. The zero-order chi connectivity index (χ0) is 15.3. The lowest BCUT2D eigenvalue weighted by Crippen LogP contribution is -2.53. The molecular weight excluding hydrogens is 375 g/mol. The molecule has 1 rings (SSSR count). The number of hydrogen-bond donors (Lipinski definition) is 1. The highest BCUT2D eigenvalue weighted by molar-refractivity contribution is 14.0. The van der Waals surface area contributed by atoms with Gasteiger partial charge in [0, 0.05) is 31.7 Å². The summed E-state index contributed by atoms with van der Waals surface area (Å²) in [6.45, 7) is 18.5. The molecule has 0 aromatic heterocycles. The summed E-state index contributed by atoms with van der Waals surface area (Å²) in [5.74, 6) is 2.24. The standard InChI is InChI=1S/C16H34N4.HI/c1-7-19(8-2)15(17)18-12-16(5,6)20-10-13(3)9-14(4)11-20;/h13-14H,7-12H2,1-6H3,(H2,17,18);1H. The largest absolute Gasteiger partial charge is 0.370 e. The maximum atomic E-state index is 6.09. The number of guanidine groups is 1. The van der Waals surface area contributed by atoms with E-state index in [9.17, 15) is 0 Å². The van der Waals surface area contributed by atoms with E-state index in [-0.39, 0.29) is 29.5 Å². The average molecular weight is 410 g/mol. The number of rotatable bonds is 5. The lowest BCUT2D eigenvalue weighted by Gasteiger charge is -2.44.